The van der Waals surface area contributed by atoms with E-state index < -0.39 is 89.4 Å². The smallest absolute Gasteiger partial charge is 0.302 e. The highest BCUT2D eigenvalue weighted by Crippen LogP contribution is 2.76. The topological polar surface area (TPSA) is 192 Å². The van der Waals surface area contributed by atoms with Crippen molar-refractivity contribution in [3.8, 4) is 0 Å². The van der Waals surface area contributed by atoms with Gasteiger partial charge in [0.25, 0.3) is 0 Å². The van der Waals surface area contributed by atoms with E-state index in [1.165, 1.54) is 13.8 Å². The van der Waals surface area contributed by atoms with Crippen LogP contribution in [-0.2, 0) is 28.5 Å². The van der Waals surface area contributed by atoms with Crippen molar-refractivity contribution in [1.29, 1.82) is 0 Å². The van der Waals surface area contributed by atoms with Crippen LogP contribution < -0.4 is 0 Å². The van der Waals surface area contributed by atoms with Crippen molar-refractivity contribution in [2.24, 2.45) is 56.7 Å². The highest BCUT2D eigenvalue weighted by Gasteiger charge is 2.73. The number of rotatable bonds is 7. The van der Waals surface area contributed by atoms with Gasteiger partial charge in [0.15, 0.2) is 6.29 Å². The van der Waals surface area contributed by atoms with Crippen LogP contribution in [0.25, 0.3) is 0 Å². The molecule has 5 aliphatic carbocycles. The number of fused-ring (bicyclic) bond motifs is 7. The molecule has 0 aromatic rings. The van der Waals surface area contributed by atoms with Crippen molar-refractivity contribution < 1.29 is 59.2 Å². The molecule has 52 heavy (non-hydrogen) atoms. The van der Waals surface area contributed by atoms with Crippen molar-refractivity contribution in [2.45, 2.75) is 156 Å². The van der Waals surface area contributed by atoms with Crippen molar-refractivity contribution in [3.05, 3.63) is 11.6 Å². The van der Waals surface area contributed by atoms with Gasteiger partial charge in [-0.05, 0) is 77.9 Å². The molecule has 12 nitrogen and oxygen atoms in total. The molecule has 0 unspecified atom stereocenters. The third kappa shape index (κ3) is 5.75. The number of carbonyl (C=O) groups excluding carboxylic acids is 2. The summed E-state index contributed by atoms with van der Waals surface area (Å²) in [5.41, 5.74) is -1.37. The van der Waals surface area contributed by atoms with Crippen LogP contribution in [0.3, 0.4) is 0 Å². The number of ether oxygens (including phenoxy) is 4. The number of esters is 2. The summed E-state index contributed by atoms with van der Waals surface area (Å²) < 4.78 is 24.1. The number of hydrogen-bond donors (Lipinski definition) is 6. The third-order valence-electron chi connectivity index (χ3n) is 15.8. The lowest BCUT2D eigenvalue weighted by atomic mass is 9.35. The van der Waals surface area contributed by atoms with E-state index in [0.29, 0.717) is 31.6 Å². The Balaban J connectivity index is 1.39. The average molecular weight is 737 g/mol. The molecule has 0 amide bonds. The van der Waals surface area contributed by atoms with Crippen molar-refractivity contribution in [1.82, 2.24) is 0 Å². The van der Waals surface area contributed by atoms with Crippen LogP contribution in [0.2, 0.25) is 0 Å². The van der Waals surface area contributed by atoms with Crippen LogP contribution in [0.5, 0.6) is 0 Å². The molecule has 6 rings (SSSR count). The Kier molecular flexibility index (Phi) is 10.4. The molecule has 296 valence electrons. The maximum atomic E-state index is 12.7. The highest BCUT2D eigenvalue weighted by atomic mass is 16.7. The van der Waals surface area contributed by atoms with E-state index in [1.807, 2.05) is 13.8 Å². The Labute approximate surface area is 308 Å². The standard InChI is InChI=1S/C40H64O12/c1-19(2)23-14-25(45)33-39(9)11-10-22-29(38(39,8)12-13-40(23,33)18-49-20(3)42)24(44)15-28-36(5,6)34(26(50-21(4)43)16-37(22,28)7)52-35-32(48)31(47)30(46)27(17-41)51-35/h10,19,23-35,41,44-48H,11-18H2,1-9H3/t23-,24-,25+,26+,27+,28-,29-,30+,31-,32+,33+,34-,35-,37+,38-,39+,40+/m0/s1. The van der Waals surface area contributed by atoms with Gasteiger partial charge in [0.1, 0.15) is 36.6 Å². The molecule has 1 heterocycles. The van der Waals surface area contributed by atoms with Gasteiger partial charge < -0.3 is 49.6 Å². The summed E-state index contributed by atoms with van der Waals surface area (Å²) in [5, 5.41) is 66.0. The molecule has 6 aliphatic rings. The second-order valence-electron chi connectivity index (χ2n) is 19.0. The molecule has 17 atom stereocenters. The second kappa shape index (κ2) is 13.5. The predicted molar refractivity (Wildman–Crippen MR) is 188 cm³/mol. The predicted octanol–water partition coefficient (Wildman–Crippen LogP) is 2.88. The van der Waals surface area contributed by atoms with Crippen molar-refractivity contribution >= 4 is 11.9 Å². The second-order valence-corrected chi connectivity index (χ2v) is 19.0. The molecular weight excluding hydrogens is 672 g/mol. The van der Waals surface area contributed by atoms with Gasteiger partial charge in [-0.1, -0.05) is 60.1 Å². The lowest BCUT2D eigenvalue weighted by Gasteiger charge is -2.70. The molecule has 1 saturated heterocycles. The molecule has 0 spiro atoms. The Morgan fingerprint density at radius 3 is 2.17 bits per heavy atom. The number of carbonyl (C=O) groups is 2. The van der Waals surface area contributed by atoms with Crippen LogP contribution in [-0.4, -0.2) is 111 Å². The number of aliphatic hydroxyl groups is 6. The Hall–Kier alpha value is -1.64. The zero-order valence-electron chi connectivity index (χ0n) is 32.4. The molecule has 5 fully saturated rings. The molecule has 0 radical (unpaired) electrons. The summed E-state index contributed by atoms with van der Waals surface area (Å²) in [7, 11) is 0. The molecule has 1 aliphatic heterocycles. The summed E-state index contributed by atoms with van der Waals surface area (Å²) in [4.78, 5) is 24.9. The van der Waals surface area contributed by atoms with E-state index in [1.54, 1.807) is 0 Å². The van der Waals surface area contributed by atoms with E-state index in [-0.39, 0.29) is 41.7 Å². The fraction of sp³-hybridized carbons (Fsp3) is 0.900. The summed E-state index contributed by atoms with van der Waals surface area (Å²) in [6.45, 7) is 17.6. The van der Waals surface area contributed by atoms with Gasteiger partial charge in [-0.3, -0.25) is 9.59 Å². The summed E-state index contributed by atoms with van der Waals surface area (Å²) >= 11 is 0. The first-order valence-corrected chi connectivity index (χ1v) is 19.4. The summed E-state index contributed by atoms with van der Waals surface area (Å²) in [6, 6.07) is 0. The fourth-order valence-electron chi connectivity index (χ4n) is 13.4. The van der Waals surface area contributed by atoms with Crippen LogP contribution in [0.1, 0.15) is 101 Å². The SMILES string of the molecule is CC(=O)OC[C@@]12CC[C@@]3(C)[C@H]4C(=CC[C@]3(C)[C@H]1[C@H](O)C[C@H]2C(C)C)[C@@]1(C)C[C@@H](OC(C)=O)[C@H](O[C@@H]2O[C@H](CO)[C@@H](O)[C@H](O)[C@H]2O)C(C)(C)[C@@H]1C[C@@H]4O. The van der Waals surface area contributed by atoms with Crippen molar-refractivity contribution in [2.75, 3.05) is 13.2 Å². The van der Waals surface area contributed by atoms with Crippen LogP contribution >= 0.6 is 0 Å². The quantitative estimate of drug-likeness (QED) is 0.128. The van der Waals surface area contributed by atoms with Gasteiger partial charge in [-0.15, -0.1) is 0 Å². The van der Waals surface area contributed by atoms with E-state index in [0.717, 1.165) is 18.4 Å². The van der Waals surface area contributed by atoms with Crippen LogP contribution in [0.15, 0.2) is 11.6 Å². The number of aliphatic hydroxyl groups excluding tert-OH is 6. The first-order chi connectivity index (χ1) is 24.1. The van der Waals surface area contributed by atoms with Gasteiger partial charge in [0.05, 0.1) is 25.4 Å². The molecule has 0 aromatic carbocycles. The molecule has 12 heteroatoms. The minimum atomic E-state index is -1.63. The minimum absolute atomic E-state index is 0.145. The monoisotopic (exact) mass is 736 g/mol. The first-order valence-electron chi connectivity index (χ1n) is 19.4. The Morgan fingerprint density at radius 1 is 0.904 bits per heavy atom. The van der Waals surface area contributed by atoms with Gasteiger partial charge in [0, 0.05) is 31.1 Å². The highest BCUT2D eigenvalue weighted by molar-refractivity contribution is 5.66. The first kappa shape index (κ1) is 40.0. The Morgan fingerprint density at radius 2 is 1.58 bits per heavy atom. The van der Waals surface area contributed by atoms with Crippen LogP contribution in [0, 0.1) is 56.7 Å². The molecular formula is C40H64O12. The summed E-state index contributed by atoms with van der Waals surface area (Å²) in [5.74, 6) is -0.892. The average Bonchev–Trinajstić information content (AvgIpc) is 3.36. The van der Waals surface area contributed by atoms with Gasteiger partial charge in [-0.25, -0.2) is 0 Å². The largest absolute Gasteiger partial charge is 0.465 e. The van der Waals surface area contributed by atoms with Crippen molar-refractivity contribution in [3.63, 3.8) is 0 Å². The molecule has 4 saturated carbocycles. The van der Waals surface area contributed by atoms with E-state index in [9.17, 15) is 40.2 Å². The zero-order valence-corrected chi connectivity index (χ0v) is 32.4. The van der Waals surface area contributed by atoms with Gasteiger partial charge >= 0.3 is 11.9 Å². The van der Waals surface area contributed by atoms with E-state index >= 15 is 0 Å². The van der Waals surface area contributed by atoms with Gasteiger partial charge in [-0.2, -0.15) is 0 Å². The number of allylic oxidation sites excluding steroid dienone is 1. The number of hydrogen-bond acceptors (Lipinski definition) is 12. The molecule has 6 N–H and O–H groups in total. The third-order valence-corrected chi connectivity index (χ3v) is 15.8. The molecule has 0 bridgehead atoms. The normalized spacial score (nSPS) is 51.0. The zero-order chi connectivity index (χ0) is 38.5. The fourth-order valence-corrected chi connectivity index (χ4v) is 13.4. The van der Waals surface area contributed by atoms with Gasteiger partial charge in [0.2, 0.25) is 0 Å². The maximum Gasteiger partial charge on any atom is 0.302 e. The maximum absolute atomic E-state index is 12.7. The minimum Gasteiger partial charge on any atom is -0.465 e. The lowest BCUT2D eigenvalue weighted by Crippen LogP contribution is -2.69. The summed E-state index contributed by atoms with van der Waals surface area (Å²) in [6.07, 6.45) is -4.33. The Bertz CT molecular complexity index is 1410. The van der Waals surface area contributed by atoms with E-state index in [2.05, 4.69) is 40.7 Å². The molecule has 0 aromatic heterocycles. The van der Waals surface area contributed by atoms with E-state index in [4.69, 9.17) is 18.9 Å². The lowest BCUT2D eigenvalue weighted by molar-refractivity contribution is -0.337. The van der Waals surface area contributed by atoms with Crippen LogP contribution in [0.4, 0.5) is 0 Å².